The van der Waals surface area contributed by atoms with Gasteiger partial charge in [-0.05, 0) is 47.9 Å². The van der Waals surface area contributed by atoms with Crippen LogP contribution in [0.4, 0.5) is 0 Å². The van der Waals surface area contributed by atoms with E-state index in [-0.39, 0.29) is 0 Å². The molecule has 108 valence electrons. The van der Waals surface area contributed by atoms with Crippen molar-refractivity contribution in [1.29, 1.82) is 0 Å². The van der Waals surface area contributed by atoms with Crippen molar-refractivity contribution in [2.45, 2.75) is 20.0 Å². The molecule has 0 amide bonds. The molecule has 0 fully saturated rings. The molecule has 3 heteroatoms. The fourth-order valence-corrected chi connectivity index (χ4v) is 2.22. The summed E-state index contributed by atoms with van der Waals surface area (Å²) in [5.74, 6) is 6.70. The summed E-state index contributed by atoms with van der Waals surface area (Å²) in [4.78, 5) is 0. The van der Waals surface area contributed by atoms with Crippen LogP contribution in [0.15, 0.2) is 42.5 Å². The summed E-state index contributed by atoms with van der Waals surface area (Å²) in [6, 6.07) is 13.7. The molecule has 0 aliphatic rings. The van der Waals surface area contributed by atoms with E-state index in [1.807, 2.05) is 42.5 Å². The molecule has 2 aromatic carbocycles. The maximum atomic E-state index is 6.10. The Kier molecular flexibility index (Phi) is 5.68. The van der Waals surface area contributed by atoms with Crippen molar-refractivity contribution < 1.29 is 4.74 Å². The van der Waals surface area contributed by atoms with E-state index in [0.717, 1.165) is 33.9 Å². The topological polar surface area (TPSA) is 35.2 Å². The molecule has 0 unspecified atom stereocenters. The van der Waals surface area contributed by atoms with Crippen LogP contribution in [0.1, 0.15) is 23.6 Å². The van der Waals surface area contributed by atoms with Gasteiger partial charge in [-0.15, -0.1) is 0 Å². The van der Waals surface area contributed by atoms with Crippen molar-refractivity contribution >= 4 is 11.6 Å². The van der Waals surface area contributed by atoms with Crippen LogP contribution < -0.4 is 10.5 Å². The summed E-state index contributed by atoms with van der Waals surface area (Å²) >= 11 is 6.10. The van der Waals surface area contributed by atoms with Gasteiger partial charge in [-0.3, -0.25) is 0 Å². The number of hydrogen-bond donors (Lipinski definition) is 1. The Morgan fingerprint density at radius 3 is 2.81 bits per heavy atom. The third kappa shape index (κ3) is 4.53. The summed E-state index contributed by atoms with van der Waals surface area (Å²) in [5.41, 5.74) is 8.50. The lowest BCUT2D eigenvalue weighted by Crippen LogP contribution is -1.97. The Morgan fingerprint density at radius 1 is 1.19 bits per heavy atom. The summed E-state index contributed by atoms with van der Waals surface area (Å²) < 4.78 is 5.82. The highest BCUT2D eigenvalue weighted by Gasteiger charge is 2.02. The number of nitrogens with two attached hydrogens (primary N) is 1. The fourth-order valence-electron chi connectivity index (χ4n) is 1.97. The van der Waals surface area contributed by atoms with Gasteiger partial charge in [-0.25, -0.2) is 0 Å². The Balaban J connectivity index is 2.06. The van der Waals surface area contributed by atoms with Crippen molar-refractivity contribution in [1.82, 2.24) is 0 Å². The van der Waals surface area contributed by atoms with E-state index in [1.165, 1.54) is 0 Å². The average molecular weight is 300 g/mol. The summed E-state index contributed by atoms with van der Waals surface area (Å²) in [5, 5.41) is 0.781. The highest BCUT2D eigenvalue weighted by Crippen LogP contribution is 2.23. The van der Waals surface area contributed by atoms with E-state index in [2.05, 4.69) is 18.8 Å². The van der Waals surface area contributed by atoms with Gasteiger partial charge in [-0.1, -0.05) is 42.5 Å². The maximum Gasteiger partial charge on any atom is 0.120 e. The molecular formula is C18H18ClNO. The molecule has 0 saturated carbocycles. The molecule has 0 atom stereocenters. The summed E-state index contributed by atoms with van der Waals surface area (Å²) in [6.07, 6.45) is 0.889. The van der Waals surface area contributed by atoms with Crippen LogP contribution in [0.2, 0.25) is 5.02 Å². The Morgan fingerprint density at radius 2 is 2.05 bits per heavy atom. The smallest absolute Gasteiger partial charge is 0.120 e. The van der Waals surface area contributed by atoms with Crippen molar-refractivity contribution in [2.75, 3.05) is 6.54 Å². The third-order valence-electron chi connectivity index (χ3n) is 3.07. The Labute approximate surface area is 130 Å². The number of ether oxygens (including phenoxy) is 1. The maximum absolute atomic E-state index is 6.10. The zero-order valence-electron chi connectivity index (χ0n) is 12.0. The number of benzene rings is 2. The van der Waals surface area contributed by atoms with E-state index in [1.54, 1.807) is 0 Å². The summed E-state index contributed by atoms with van der Waals surface area (Å²) in [7, 11) is 0. The van der Waals surface area contributed by atoms with E-state index >= 15 is 0 Å². The molecule has 0 heterocycles. The number of aryl methyl sites for hydroxylation is 1. The Bertz CT molecular complexity index is 670. The lowest BCUT2D eigenvalue weighted by Gasteiger charge is -2.09. The van der Waals surface area contributed by atoms with Crippen LogP contribution >= 0.6 is 11.6 Å². The zero-order chi connectivity index (χ0) is 15.1. The first-order chi connectivity index (χ1) is 10.2. The van der Waals surface area contributed by atoms with Crippen LogP contribution in [0, 0.1) is 11.8 Å². The highest BCUT2D eigenvalue weighted by molar-refractivity contribution is 6.31. The van der Waals surface area contributed by atoms with Crippen molar-refractivity contribution in [3.63, 3.8) is 0 Å². The van der Waals surface area contributed by atoms with Crippen LogP contribution in [0.25, 0.3) is 0 Å². The molecule has 0 radical (unpaired) electrons. The lowest BCUT2D eigenvalue weighted by atomic mass is 10.1. The second kappa shape index (κ2) is 7.73. The standard InChI is InChI=1S/C18H18ClNO/c1-2-16-12-17(8-9-18(16)19)21-13-15-6-3-5-14(11-15)7-4-10-20/h3,5-6,8-9,11-12H,2,10,13,20H2,1H3. The van der Waals surface area contributed by atoms with E-state index < -0.39 is 0 Å². The minimum atomic E-state index is 0.366. The molecule has 2 aromatic rings. The second-order valence-electron chi connectivity index (χ2n) is 4.60. The minimum Gasteiger partial charge on any atom is -0.489 e. The number of halogens is 1. The first kappa shape index (κ1) is 15.4. The SMILES string of the molecule is CCc1cc(OCc2cccc(C#CCN)c2)ccc1Cl. The third-order valence-corrected chi connectivity index (χ3v) is 3.43. The molecule has 0 spiro atoms. The van der Waals surface area contributed by atoms with Gasteiger partial charge < -0.3 is 10.5 Å². The minimum absolute atomic E-state index is 0.366. The normalized spacial score (nSPS) is 9.86. The first-order valence-electron chi connectivity index (χ1n) is 6.92. The van der Waals surface area contributed by atoms with Gasteiger partial charge in [-0.2, -0.15) is 0 Å². The molecule has 2 nitrogen and oxygen atoms in total. The summed E-state index contributed by atoms with van der Waals surface area (Å²) in [6.45, 7) is 2.94. The first-order valence-corrected chi connectivity index (χ1v) is 7.30. The van der Waals surface area contributed by atoms with Gasteiger partial charge in [0.1, 0.15) is 12.4 Å². The van der Waals surface area contributed by atoms with E-state index in [4.69, 9.17) is 22.1 Å². The van der Waals surface area contributed by atoms with Crippen LogP contribution in [0.3, 0.4) is 0 Å². The van der Waals surface area contributed by atoms with Gasteiger partial charge in [0, 0.05) is 10.6 Å². The lowest BCUT2D eigenvalue weighted by molar-refractivity contribution is 0.306. The largest absolute Gasteiger partial charge is 0.489 e. The van der Waals surface area contributed by atoms with Gasteiger partial charge in [0.25, 0.3) is 0 Å². The molecule has 0 aliphatic carbocycles. The number of rotatable bonds is 4. The predicted molar refractivity (Wildman–Crippen MR) is 87.5 cm³/mol. The van der Waals surface area contributed by atoms with Gasteiger partial charge >= 0.3 is 0 Å². The molecule has 0 aliphatic heterocycles. The molecule has 2 rings (SSSR count). The number of hydrogen-bond acceptors (Lipinski definition) is 2. The molecule has 0 bridgehead atoms. The molecule has 21 heavy (non-hydrogen) atoms. The fraction of sp³-hybridized carbons (Fsp3) is 0.222. The van der Waals surface area contributed by atoms with E-state index in [0.29, 0.717) is 13.2 Å². The van der Waals surface area contributed by atoms with Crippen LogP contribution in [0.5, 0.6) is 5.75 Å². The second-order valence-corrected chi connectivity index (χ2v) is 5.01. The van der Waals surface area contributed by atoms with Crippen LogP contribution in [-0.4, -0.2) is 6.54 Å². The van der Waals surface area contributed by atoms with Crippen molar-refractivity contribution in [2.24, 2.45) is 5.73 Å². The highest BCUT2D eigenvalue weighted by atomic mass is 35.5. The quantitative estimate of drug-likeness (QED) is 0.872. The van der Waals surface area contributed by atoms with Gasteiger partial charge in [0.2, 0.25) is 0 Å². The monoisotopic (exact) mass is 299 g/mol. The van der Waals surface area contributed by atoms with Gasteiger partial charge in [0.15, 0.2) is 0 Å². The van der Waals surface area contributed by atoms with Crippen LogP contribution in [-0.2, 0) is 13.0 Å². The molecular weight excluding hydrogens is 282 g/mol. The molecule has 0 saturated heterocycles. The van der Waals surface area contributed by atoms with E-state index in [9.17, 15) is 0 Å². The Hall–Kier alpha value is -1.95. The molecule has 2 N–H and O–H groups in total. The van der Waals surface area contributed by atoms with Gasteiger partial charge in [0.05, 0.1) is 6.54 Å². The predicted octanol–water partition coefficient (Wildman–Crippen LogP) is 3.79. The van der Waals surface area contributed by atoms with Crippen molar-refractivity contribution in [3.8, 4) is 17.6 Å². The average Bonchev–Trinajstić information content (AvgIpc) is 2.52. The molecule has 0 aromatic heterocycles. The van der Waals surface area contributed by atoms with Crippen molar-refractivity contribution in [3.05, 3.63) is 64.2 Å². The zero-order valence-corrected chi connectivity index (χ0v) is 12.8.